The van der Waals surface area contributed by atoms with Gasteiger partial charge in [-0.25, -0.2) is 9.37 Å². The molecule has 150 valence electrons. The van der Waals surface area contributed by atoms with Crippen LogP contribution in [0.25, 0.3) is 10.6 Å². The first kappa shape index (κ1) is 19.7. The monoisotopic (exact) mass is 430 g/mol. The Kier molecular flexibility index (Phi) is 5.73. The predicted molar refractivity (Wildman–Crippen MR) is 113 cm³/mol. The molecule has 1 aliphatic heterocycles. The van der Waals surface area contributed by atoms with Crippen LogP contribution in [0.1, 0.15) is 28.5 Å². The van der Waals surface area contributed by atoms with Crippen LogP contribution in [0.2, 0.25) is 0 Å². The summed E-state index contributed by atoms with van der Waals surface area (Å²) in [4.78, 5) is 18.3. The standard InChI is InChI=1S/C21H19FN2O3S2/c1-26-17-5-3-12(9-18(17)27-2)21-24-16(11-29-21)20(25)23-15-7-8-28-19-6-4-13(22)10-14(15)19/h3-6,9-11,15H,7-8H2,1-2H3,(H,23,25)/t15-/m0/s1. The van der Waals surface area contributed by atoms with Gasteiger partial charge in [0.2, 0.25) is 0 Å². The molecule has 0 radical (unpaired) electrons. The lowest BCUT2D eigenvalue weighted by molar-refractivity contribution is 0.0930. The predicted octanol–water partition coefficient (Wildman–Crippen LogP) is 4.93. The van der Waals surface area contributed by atoms with Gasteiger partial charge in [0, 0.05) is 21.6 Å². The van der Waals surface area contributed by atoms with Gasteiger partial charge in [0.15, 0.2) is 11.5 Å². The zero-order valence-corrected chi connectivity index (χ0v) is 17.5. The van der Waals surface area contributed by atoms with Gasteiger partial charge in [-0.1, -0.05) is 0 Å². The Bertz CT molecular complexity index is 1050. The minimum Gasteiger partial charge on any atom is -0.493 e. The highest BCUT2D eigenvalue weighted by atomic mass is 32.2. The van der Waals surface area contributed by atoms with E-state index in [-0.39, 0.29) is 17.8 Å². The number of benzene rings is 2. The third kappa shape index (κ3) is 4.09. The van der Waals surface area contributed by atoms with E-state index in [0.717, 1.165) is 28.2 Å². The van der Waals surface area contributed by atoms with Crippen molar-refractivity contribution in [3.63, 3.8) is 0 Å². The van der Waals surface area contributed by atoms with Gasteiger partial charge in [-0.2, -0.15) is 0 Å². The number of rotatable bonds is 5. The molecule has 1 aromatic heterocycles. The SMILES string of the molecule is COc1ccc(-c2nc(C(=O)N[C@H]3CCSc4ccc(F)cc43)cs2)cc1OC. The average molecular weight is 431 g/mol. The van der Waals surface area contributed by atoms with E-state index >= 15 is 0 Å². The molecule has 0 saturated carbocycles. The third-order valence-electron chi connectivity index (χ3n) is 4.68. The van der Waals surface area contributed by atoms with Gasteiger partial charge < -0.3 is 14.8 Å². The number of fused-ring (bicyclic) bond motifs is 1. The van der Waals surface area contributed by atoms with Crippen LogP contribution in [-0.4, -0.2) is 30.9 Å². The van der Waals surface area contributed by atoms with Gasteiger partial charge in [-0.05, 0) is 48.4 Å². The maximum Gasteiger partial charge on any atom is 0.271 e. The minimum absolute atomic E-state index is 0.222. The van der Waals surface area contributed by atoms with Gasteiger partial charge in [0.05, 0.1) is 20.3 Å². The lowest BCUT2D eigenvalue weighted by atomic mass is 10.0. The second kappa shape index (κ2) is 8.42. The van der Waals surface area contributed by atoms with Crippen molar-refractivity contribution >= 4 is 29.0 Å². The van der Waals surface area contributed by atoms with E-state index in [2.05, 4.69) is 10.3 Å². The molecule has 0 saturated heterocycles. The Morgan fingerprint density at radius 3 is 2.79 bits per heavy atom. The van der Waals surface area contributed by atoms with Crippen LogP contribution < -0.4 is 14.8 Å². The van der Waals surface area contributed by atoms with Crippen LogP contribution in [0.4, 0.5) is 4.39 Å². The fourth-order valence-corrected chi connectivity index (χ4v) is 5.13. The van der Waals surface area contributed by atoms with Gasteiger partial charge in [-0.3, -0.25) is 4.79 Å². The Morgan fingerprint density at radius 2 is 2.00 bits per heavy atom. The van der Waals surface area contributed by atoms with Crippen molar-refractivity contribution in [1.29, 1.82) is 0 Å². The van der Waals surface area contributed by atoms with Crippen molar-refractivity contribution < 1.29 is 18.7 Å². The highest BCUT2D eigenvalue weighted by Gasteiger charge is 2.24. The summed E-state index contributed by atoms with van der Waals surface area (Å²) in [6.07, 6.45) is 0.750. The number of thioether (sulfide) groups is 1. The number of nitrogens with zero attached hydrogens (tertiary/aromatic N) is 1. The number of halogens is 1. The van der Waals surface area contributed by atoms with E-state index in [1.165, 1.54) is 23.5 Å². The van der Waals surface area contributed by atoms with Crippen molar-refractivity contribution in [2.45, 2.75) is 17.4 Å². The Labute approximate surface area is 176 Å². The van der Waals surface area contributed by atoms with Crippen molar-refractivity contribution in [1.82, 2.24) is 10.3 Å². The Hall–Kier alpha value is -2.58. The molecule has 0 bridgehead atoms. The average Bonchev–Trinajstić information content (AvgIpc) is 3.24. The number of hydrogen-bond donors (Lipinski definition) is 1. The molecule has 2 aromatic carbocycles. The minimum atomic E-state index is -0.296. The molecular formula is C21H19FN2O3S2. The molecule has 1 atom stereocenters. The van der Waals surface area contributed by atoms with Crippen LogP contribution in [0.3, 0.4) is 0 Å². The molecule has 0 unspecified atom stereocenters. The second-order valence-electron chi connectivity index (χ2n) is 6.45. The summed E-state index contributed by atoms with van der Waals surface area (Å²) in [5.41, 5.74) is 2.01. The van der Waals surface area contributed by atoms with E-state index < -0.39 is 0 Å². The summed E-state index contributed by atoms with van der Waals surface area (Å²) in [5, 5.41) is 5.44. The number of ether oxygens (including phenoxy) is 2. The normalized spacial score (nSPS) is 15.5. The maximum atomic E-state index is 13.7. The molecule has 1 N–H and O–H groups in total. The van der Waals surface area contributed by atoms with Crippen LogP contribution in [0, 0.1) is 5.82 Å². The number of thiazole rings is 1. The first-order valence-corrected chi connectivity index (χ1v) is 10.9. The van der Waals surface area contributed by atoms with Crippen molar-refractivity contribution in [2.24, 2.45) is 0 Å². The summed E-state index contributed by atoms with van der Waals surface area (Å²) < 4.78 is 24.3. The van der Waals surface area contributed by atoms with E-state index in [9.17, 15) is 9.18 Å². The molecule has 3 aromatic rings. The smallest absolute Gasteiger partial charge is 0.271 e. The largest absolute Gasteiger partial charge is 0.493 e. The topological polar surface area (TPSA) is 60.5 Å². The summed E-state index contributed by atoms with van der Waals surface area (Å²) in [6, 6.07) is 10.0. The molecule has 29 heavy (non-hydrogen) atoms. The van der Waals surface area contributed by atoms with Crippen LogP contribution in [0.5, 0.6) is 11.5 Å². The van der Waals surface area contributed by atoms with Gasteiger partial charge >= 0.3 is 0 Å². The number of amides is 1. The molecule has 8 heteroatoms. The lowest BCUT2D eigenvalue weighted by Crippen LogP contribution is -2.31. The van der Waals surface area contributed by atoms with Crippen molar-refractivity contribution in [3.05, 3.63) is 58.9 Å². The zero-order chi connectivity index (χ0) is 20.4. The van der Waals surface area contributed by atoms with E-state index in [0.29, 0.717) is 22.2 Å². The van der Waals surface area contributed by atoms with E-state index in [4.69, 9.17) is 9.47 Å². The van der Waals surface area contributed by atoms with Gasteiger partial charge in [-0.15, -0.1) is 23.1 Å². The molecule has 5 nitrogen and oxygen atoms in total. The molecule has 2 heterocycles. The Balaban J connectivity index is 1.54. The first-order chi connectivity index (χ1) is 14.1. The quantitative estimate of drug-likeness (QED) is 0.622. The van der Waals surface area contributed by atoms with E-state index in [1.807, 2.05) is 12.1 Å². The van der Waals surface area contributed by atoms with Crippen LogP contribution in [0.15, 0.2) is 46.7 Å². The molecule has 4 rings (SSSR count). The van der Waals surface area contributed by atoms with Gasteiger partial charge in [0.25, 0.3) is 5.91 Å². The summed E-state index contributed by atoms with van der Waals surface area (Å²) >= 11 is 3.06. The number of nitrogens with one attached hydrogen (secondary N) is 1. The first-order valence-electron chi connectivity index (χ1n) is 9.00. The molecule has 1 amide bonds. The number of carbonyl (C=O) groups excluding carboxylic acids is 1. The molecule has 0 aliphatic carbocycles. The number of carbonyl (C=O) groups is 1. The number of hydrogen-bond acceptors (Lipinski definition) is 6. The second-order valence-corrected chi connectivity index (χ2v) is 8.45. The van der Waals surface area contributed by atoms with Crippen LogP contribution >= 0.6 is 23.1 Å². The summed E-state index contributed by atoms with van der Waals surface area (Å²) in [7, 11) is 3.16. The summed E-state index contributed by atoms with van der Waals surface area (Å²) in [5.74, 6) is 1.55. The van der Waals surface area contributed by atoms with Crippen molar-refractivity contribution in [2.75, 3.05) is 20.0 Å². The van der Waals surface area contributed by atoms with Gasteiger partial charge in [0.1, 0.15) is 16.5 Å². The molecule has 0 spiro atoms. The van der Waals surface area contributed by atoms with E-state index in [1.54, 1.807) is 43.5 Å². The number of methoxy groups -OCH3 is 2. The zero-order valence-electron chi connectivity index (χ0n) is 15.9. The Morgan fingerprint density at radius 1 is 1.17 bits per heavy atom. The highest BCUT2D eigenvalue weighted by Crippen LogP contribution is 2.37. The maximum absolute atomic E-state index is 13.7. The third-order valence-corrected chi connectivity index (χ3v) is 6.70. The summed E-state index contributed by atoms with van der Waals surface area (Å²) in [6.45, 7) is 0. The fraction of sp³-hybridized carbons (Fsp3) is 0.238. The lowest BCUT2D eigenvalue weighted by Gasteiger charge is -2.25. The molecule has 0 fully saturated rings. The fourth-order valence-electron chi connectivity index (χ4n) is 3.23. The van der Waals surface area contributed by atoms with Crippen LogP contribution in [-0.2, 0) is 0 Å². The molecular weight excluding hydrogens is 411 g/mol. The number of aromatic nitrogens is 1. The van der Waals surface area contributed by atoms with Crippen molar-refractivity contribution in [3.8, 4) is 22.1 Å². The highest BCUT2D eigenvalue weighted by molar-refractivity contribution is 7.99. The molecule has 1 aliphatic rings.